The molecule has 1 saturated heterocycles. The van der Waals surface area contributed by atoms with Gasteiger partial charge in [0.2, 0.25) is 5.91 Å². The third-order valence-corrected chi connectivity index (χ3v) is 8.27. The summed E-state index contributed by atoms with van der Waals surface area (Å²) in [6, 6.07) is 15.8. The average Bonchev–Trinajstić information content (AvgIpc) is 3.31. The second-order valence-electron chi connectivity index (χ2n) is 9.30. The van der Waals surface area contributed by atoms with Gasteiger partial charge in [0.25, 0.3) is 0 Å². The molecule has 0 aliphatic carbocycles. The number of ketones is 2. The average molecular weight is 538 g/mol. The lowest BCUT2D eigenvalue weighted by atomic mass is 9.64. The first-order valence-electron chi connectivity index (χ1n) is 11.4. The molecule has 180 valence electrons. The summed E-state index contributed by atoms with van der Waals surface area (Å²) >= 11 is 18.8. The molecule has 4 atom stereocenters. The van der Waals surface area contributed by atoms with Crippen molar-refractivity contribution in [3.63, 3.8) is 0 Å². The van der Waals surface area contributed by atoms with Gasteiger partial charge in [-0.3, -0.25) is 14.4 Å². The van der Waals surface area contributed by atoms with E-state index in [9.17, 15) is 14.4 Å². The van der Waals surface area contributed by atoms with E-state index in [0.717, 1.165) is 11.3 Å². The van der Waals surface area contributed by atoms with Crippen molar-refractivity contribution >= 4 is 69.7 Å². The fraction of sp³-hybridized carbons (Fsp3) is 0.179. The predicted octanol–water partition coefficient (Wildman–Crippen LogP) is 6.21. The van der Waals surface area contributed by atoms with E-state index in [2.05, 4.69) is 5.32 Å². The standard InChI is InChI=1S/C28H19Cl3N2O3/c1-14(34)25-24(26(35)18-9-7-17(30)13-20(18)31)28(19-4-2-3-5-21(19)32-27(28)36)23-11-6-15-12-16(29)8-10-22(15)33(23)25/h2-13,23-25H,1H3,(H,32,36)/t23-,24+,25-,28-/m1/s1. The zero-order chi connectivity index (χ0) is 25.4. The number of nitrogens with one attached hydrogen (secondary N) is 1. The number of rotatable bonds is 3. The number of hydrogen-bond acceptors (Lipinski definition) is 4. The van der Waals surface area contributed by atoms with Gasteiger partial charge in [0, 0.05) is 27.0 Å². The fourth-order valence-electron chi connectivity index (χ4n) is 6.16. The van der Waals surface area contributed by atoms with Crippen LogP contribution in [0.5, 0.6) is 0 Å². The number of halogens is 3. The molecule has 1 amide bonds. The molecule has 0 bridgehead atoms. The number of para-hydroxylation sites is 1. The fourth-order valence-corrected chi connectivity index (χ4v) is 6.84. The molecule has 3 aliphatic heterocycles. The van der Waals surface area contributed by atoms with Crippen LogP contribution in [0.2, 0.25) is 15.1 Å². The van der Waals surface area contributed by atoms with Crippen molar-refractivity contribution in [2.24, 2.45) is 5.92 Å². The predicted molar refractivity (Wildman–Crippen MR) is 142 cm³/mol. The molecule has 3 aromatic carbocycles. The van der Waals surface area contributed by atoms with Crippen LogP contribution in [0, 0.1) is 5.92 Å². The van der Waals surface area contributed by atoms with Crippen LogP contribution in [-0.4, -0.2) is 29.6 Å². The lowest BCUT2D eigenvalue weighted by Crippen LogP contribution is -2.51. The van der Waals surface area contributed by atoms with Crippen LogP contribution < -0.4 is 10.2 Å². The van der Waals surface area contributed by atoms with Gasteiger partial charge in [-0.25, -0.2) is 0 Å². The highest BCUT2D eigenvalue weighted by Gasteiger charge is 2.69. The Balaban J connectivity index is 1.66. The van der Waals surface area contributed by atoms with E-state index in [-0.39, 0.29) is 28.1 Å². The number of nitrogens with zero attached hydrogens (tertiary/aromatic N) is 1. The lowest BCUT2D eigenvalue weighted by Gasteiger charge is -2.37. The second kappa shape index (κ2) is 8.20. The summed E-state index contributed by atoms with van der Waals surface area (Å²) in [5.74, 6) is -1.99. The minimum atomic E-state index is -1.36. The SMILES string of the molecule is CC(=O)[C@@H]1[C@@H](C(=O)c2ccc(Cl)cc2Cl)[C@]2(C(=O)Nc3ccccc32)[C@H]2C=Cc3cc(Cl)ccc3N12. The summed E-state index contributed by atoms with van der Waals surface area (Å²) in [6.07, 6.45) is 3.80. The number of carbonyl (C=O) groups excluding carboxylic acids is 3. The van der Waals surface area contributed by atoms with E-state index in [0.29, 0.717) is 21.3 Å². The van der Waals surface area contributed by atoms with E-state index < -0.39 is 23.4 Å². The molecule has 6 rings (SSSR count). The van der Waals surface area contributed by atoms with Crippen LogP contribution in [0.4, 0.5) is 11.4 Å². The zero-order valence-corrected chi connectivity index (χ0v) is 21.2. The molecule has 0 saturated carbocycles. The maximum atomic E-state index is 14.4. The maximum Gasteiger partial charge on any atom is 0.238 e. The van der Waals surface area contributed by atoms with E-state index >= 15 is 0 Å². The summed E-state index contributed by atoms with van der Waals surface area (Å²) in [5, 5.41) is 4.08. The molecule has 5 nitrogen and oxygen atoms in total. The van der Waals surface area contributed by atoms with Crippen molar-refractivity contribution in [3.8, 4) is 0 Å². The van der Waals surface area contributed by atoms with Gasteiger partial charge in [0.05, 0.1) is 23.0 Å². The van der Waals surface area contributed by atoms with Crippen LogP contribution in [0.25, 0.3) is 6.08 Å². The summed E-state index contributed by atoms with van der Waals surface area (Å²) in [5.41, 5.74) is 1.71. The van der Waals surface area contributed by atoms with Crippen molar-refractivity contribution in [2.75, 3.05) is 10.2 Å². The highest BCUT2D eigenvalue weighted by atomic mass is 35.5. The molecule has 0 aromatic heterocycles. The first kappa shape index (κ1) is 23.3. The topological polar surface area (TPSA) is 66.5 Å². The molecule has 3 aliphatic rings. The van der Waals surface area contributed by atoms with Gasteiger partial charge in [-0.1, -0.05) is 65.2 Å². The molecule has 8 heteroatoms. The first-order chi connectivity index (χ1) is 17.2. The Morgan fingerprint density at radius 2 is 1.69 bits per heavy atom. The van der Waals surface area contributed by atoms with Gasteiger partial charge < -0.3 is 10.2 Å². The van der Waals surface area contributed by atoms with Gasteiger partial charge in [-0.15, -0.1) is 0 Å². The maximum absolute atomic E-state index is 14.4. The van der Waals surface area contributed by atoms with Crippen LogP contribution in [-0.2, 0) is 15.0 Å². The smallest absolute Gasteiger partial charge is 0.238 e. The van der Waals surface area contributed by atoms with Gasteiger partial charge in [0.15, 0.2) is 11.6 Å². The molecule has 36 heavy (non-hydrogen) atoms. The summed E-state index contributed by atoms with van der Waals surface area (Å²) < 4.78 is 0. The molecule has 3 heterocycles. The van der Waals surface area contributed by atoms with Crippen LogP contribution in [0.1, 0.15) is 28.4 Å². The minimum Gasteiger partial charge on any atom is -0.352 e. The summed E-state index contributed by atoms with van der Waals surface area (Å²) in [6.45, 7) is 1.46. The minimum absolute atomic E-state index is 0.171. The number of amides is 1. The highest BCUT2D eigenvalue weighted by Crippen LogP contribution is 2.58. The molecule has 0 radical (unpaired) electrons. The quantitative estimate of drug-likeness (QED) is 0.404. The number of hydrogen-bond donors (Lipinski definition) is 1. The molecule has 1 spiro atoms. The Morgan fingerprint density at radius 1 is 0.972 bits per heavy atom. The monoisotopic (exact) mass is 536 g/mol. The van der Waals surface area contributed by atoms with Gasteiger partial charge >= 0.3 is 0 Å². The summed E-state index contributed by atoms with van der Waals surface area (Å²) in [7, 11) is 0. The lowest BCUT2D eigenvalue weighted by molar-refractivity contribution is -0.122. The number of benzene rings is 3. The van der Waals surface area contributed by atoms with Gasteiger partial charge in [0.1, 0.15) is 5.41 Å². The Bertz CT molecular complexity index is 1520. The van der Waals surface area contributed by atoms with Crippen LogP contribution in [0.15, 0.2) is 66.7 Å². The van der Waals surface area contributed by atoms with Crippen LogP contribution >= 0.6 is 34.8 Å². The second-order valence-corrected chi connectivity index (χ2v) is 10.6. The first-order valence-corrected chi connectivity index (χ1v) is 12.6. The van der Waals surface area contributed by atoms with Crippen molar-refractivity contribution in [1.29, 1.82) is 0 Å². The van der Waals surface area contributed by atoms with Gasteiger partial charge in [-0.05, 0) is 60.5 Å². The highest BCUT2D eigenvalue weighted by molar-refractivity contribution is 6.37. The molecular weight excluding hydrogens is 519 g/mol. The molecule has 0 unspecified atom stereocenters. The third-order valence-electron chi connectivity index (χ3n) is 7.49. The number of Topliss-reactive ketones (excluding diaryl/α,β-unsaturated/α-hetero) is 2. The molecular formula is C28H19Cl3N2O3. The largest absolute Gasteiger partial charge is 0.352 e. The van der Waals surface area contributed by atoms with Gasteiger partial charge in [-0.2, -0.15) is 0 Å². The summed E-state index contributed by atoms with van der Waals surface area (Å²) in [4.78, 5) is 43.7. The normalized spacial score (nSPS) is 25.4. The Kier molecular flexibility index (Phi) is 5.31. The van der Waals surface area contributed by atoms with Crippen molar-refractivity contribution in [2.45, 2.75) is 24.4 Å². The van der Waals surface area contributed by atoms with E-state index in [1.807, 2.05) is 47.4 Å². The third kappa shape index (κ3) is 3.06. The zero-order valence-electron chi connectivity index (χ0n) is 19.0. The molecule has 3 aromatic rings. The molecule has 1 fully saturated rings. The Morgan fingerprint density at radius 3 is 2.44 bits per heavy atom. The van der Waals surface area contributed by atoms with E-state index in [1.54, 1.807) is 24.3 Å². The van der Waals surface area contributed by atoms with Crippen molar-refractivity contribution in [3.05, 3.63) is 98.5 Å². The van der Waals surface area contributed by atoms with Crippen LogP contribution in [0.3, 0.4) is 0 Å². The Labute approximate surface area is 222 Å². The van der Waals surface area contributed by atoms with Crippen molar-refractivity contribution in [1.82, 2.24) is 0 Å². The van der Waals surface area contributed by atoms with E-state index in [4.69, 9.17) is 34.8 Å². The number of fused-ring (bicyclic) bond motifs is 6. The van der Waals surface area contributed by atoms with Crippen molar-refractivity contribution < 1.29 is 14.4 Å². The number of carbonyl (C=O) groups is 3. The number of anilines is 2. The van der Waals surface area contributed by atoms with E-state index in [1.165, 1.54) is 13.0 Å². The Hall–Kier alpha value is -3.12. The molecule has 1 N–H and O–H groups in total.